The summed E-state index contributed by atoms with van der Waals surface area (Å²) in [5, 5.41) is 14.1. The Kier molecular flexibility index (Phi) is 6.63. The molecule has 0 fully saturated rings. The summed E-state index contributed by atoms with van der Waals surface area (Å²) in [4.78, 5) is 10.3. The fourth-order valence-electron chi connectivity index (χ4n) is 3.05. The highest BCUT2D eigenvalue weighted by molar-refractivity contribution is 5.47. The maximum Gasteiger partial charge on any atom is 0.269 e. The molecular weight excluding hydrogens is 404 g/mol. The predicted octanol–water partition coefficient (Wildman–Crippen LogP) is 6.58. The monoisotopic (exact) mass is 426 g/mol. The van der Waals surface area contributed by atoms with Crippen molar-refractivity contribution in [1.29, 1.82) is 0 Å². The van der Waals surface area contributed by atoms with Crippen LogP contribution in [-0.4, -0.2) is 4.92 Å². The molecule has 0 atom stereocenters. The summed E-state index contributed by atoms with van der Waals surface area (Å²) >= 11 is 0. The van der Waals surface area contributed by atoms with Gasteiger partial charge in [-0.3, -0.25) is 10.1 Å². The van der Waals surface area contributed by atoms with Crippen molar-refractivity contribution in [2.75, 3.05) is 5.32 Å². The van der Waals surface area contributed by atoms with Gasteiger partial charge in [-0.2, -0.15) is 0 Å². The molecule has 1 N–H and O–H groups in total. The SMILES string of the molecule is O=[N+]([O-])c1ccc(COc2ccc(CNc3ccc(Oc4ccccc4)cc3)cc2)cc1. The lowest BCUT2D eigenvalue weighted by molar-refractivity contribution is -0.384. The number of hydrogen-bond acceptors (Lipinski definition) is 5. The van der Waals surface area contributed by atoms with E-state index in [0.29, 0.717) is 13.2 Å². The fourth-order valence-corrected chi connectivity index (χ4v) is 3.05. The maximum absolute atomic E-state index is 10.7. The summed E-state index contributed by atoms with van der Waals surface area (Å²) in [5.41, 5.74) is 3.08. The molecule has 160 valence electrons. The Morgan fingerprint density at radius 2 is 1.28 bits per heavy atom. The van der Waals surface area contributed by atoms with Crippen molar-refractivity contribution in [2.45, 2.75) is 13.2 Å². The van der Waals surface area contributed by atoms with Gasteiger partial charge >= 0.3 is 0 Å². The van der Waals surface area contributed by atoms with E-state index in [2.05, 4.69) is 5.32 Å². The lowest BCUT2D eigenvalue weighted by Crippen LogP contribution is -2.00. The standard InChI is InChI=1S/C26H22N2O4/c29-28(30)23-12-6-21(7-13-23)19-31-24-14-8-20(9-15-24)18-27-22-10-16-26(17-11-22)32-25-4-2-1-3-5-25/h1-17,27H,18-19H2. The number of non-ortho nitro benzene ring substituents is 1. The van der Waals surface area contributed by atoms with E-state index >= 15 is 0 Å². The smallest absolute Gasteiger partial charge is 0.269 e. The molecule has 0 heterocycles. The van der Waals surface area contributed by atoms with E-state index in [-0.39, 0.29) is 5.69 Å². The van der Waals surface area contributed by atoms with Crippen molar-refractivity contribution in [3.63, 3.8) is 0 Å². The topological polar surface area (TPSA) is 73.6 Å². The second kappa shape index (κ2) is 10.1. The molecule has 0 unspecified atom stereocenters. The van der Waals surface area contributed by atoms with E-state index in [0.717, 1.165) is 34.1 Å². The Morgan fingerprint density at radius 1 is 0.688 bits per heavy atom. The van der Waals surface area contributed by atoms with E-state index in [1.54, 1.807) is 12.1 Å². The van der Waals surface area contributed by atoms with Crippen LogP contribution >= 0.6 is 0 Å². The molecule has 0 radical (unpaired) electrons. The van der Waals surface area contributed by atoms with Gasteiger partial charge < -0.3 is 14.8 Å². The van der Waals surface area contributed by atoms with Crippen LogP contribution in [0.15, 0.2) is 103 Å². The molecule has 0 saturated carbocycles. The Bertz CT molecular complexity index is 1140. The minimum atomic E-state index is -0.412. The number of ether oxygens (including phenoxy) is 2. The second-order valence-corrected chi connectivity index (χ2v) is 7.15. The first kappa shape index (κ1) is 20.9. The number of rotatable bonds is 9. The third kappa shape index (κ3) is 5.86. The zero-order chi connectivity index (χ0) is 22.2. The number of para-hydroxylation sites is 1. The van der Waals surface area contributed by atoms with Crippen molar-refractivity contribution in [1.82, 2.24) is 0 Å². The van der Waals surface area contributed by atoms with Crippen LogP contribution in [0.3, 0.4) is 0 Å². The molecule has 0 spiro atoms. The average molecular weight is 426 g/mol. The van der Waals surface area contributed by atoms with Gasteiger partial charge in [0.2, 0.25) is 0 Å². The lowest BCUT2D eigenvalue weighted by atomic mass is 10.2. The highest BCUT2D eigenvalue weighted by Gasteiger charge is 2.04. The first-order valence-corrected chi connectivity index (χ1v) is 10.2. The van der Waals surface area contributed by atoms with Gasteiger partial charge in [-0.25, -0.2) is 0 Å². The first-order chi connectivity index (χ1) is 15.7. The quantitative estimate of drug-likeness (QED) is 0.242. The molecule has 0 saturated heterocycles. The van der Waals surface area contributed by atoms with Crippen LogP contribution in [0.5, 0.6) is 17.2 Å². The Labute approximate surface area is 186 Å². The molecule has 0 aliphatic rings. The van der Waals surface area contributed by atoms with E-state index in [9.17, 15) is 10.1 Å². The third-order valence-electron chi connectivity index (χ3n) is 4.81. The zero-order valence-corrected chi connectivity index (χ0v) is 17.3. The van der Waals surface area contributed by atoms with Gasteiger partial charge in [0.25, 0.3) is 5.69 Å². The lowest BCUT2D eigenvalue weighted by Gasteiger charge is -2.10. The maximum atomic E-state index is 10.7. The van der Waals surface area contributed by atoms with Crippen LogP contribution in [0.1, 0.15) is 11.1 Å². The van der Waals surface area contributed by atoms with Gasteiger partial charge in [0.1, 0.15) is 23.9 Å². The Balaban J connectivity index is 1.25. The molecule has 0 bridgehead atoms. The summed E-state index contributed by atoms with van der Waals surface area (Å²) in [6, 6.07) is 31.7. The number of nitrogens with zero attached hydrogens (tertiary/aromatic N) is 1. The minimum absolute atomic E-state index is 0.0731. The molecule has 0 aliphatic carbocycles. The van der Waals surface area contributed by atoms with Gasteiger partial charge in [-0.05, 0) is 71.8 Å². The number of hydrogen-bond donors (Lipinski definition) is 1. The largest absolute Gasteiger partial charge is 0.489 e. The molecule has 4 aromatic carbocycles. The second-order valence-electron chi connectivity index (χ2n) is 7.15. The highest BCUT2D eigenvalue weighted by Crippen LogP contribution is 2.23. The number of benzene rings is 4. The molecule has 4 rings (SSSR count). The average Bonchev–Trinajstić information content (AvgIpc) is 2.84. The zero-order valence-electron chi connectivity index (χ0n) is 17.3. The van der Waals surface area contributed by atoms with Crippen LogP contribution in [0.25, 0.3) is 0 Å². The van der Waals surface area contributed by atoms with Crippen molar-refractivity contribution in [3.05, 3.63) is 124 Å². The summed E-state index contributed by atoms with van der Waals surface area (Å²) < 4.78 is 11.6. The van der Waals surface area contributed by atoms with E-state index < -0.39 is 4.92 Å². The van der Waals surface area contributed by atoms with E-state index in [4.69, 9.17) is 9.47 Å². The summed E-state index contributed by atoms with van der Waals surface area (Å²) in [6.45, 7) is 1.04. The molecule has 0 aliphatic heterocycles. The summed E-state index contributed by atoms with van der Waals surface area (Å²) in [7, 11) is 0. The van der Waals surface area contributed by atoms with Crippen molar-refractivity contribution >= 4 is 11.4 Å². The summed E-state index contributed by atoms with van der Waals surface area (Å²) in [6.07, 6.45) is 0. The number of nitrogens with one attached hydrogen (secondary N) is 1. The Morgan fingerprint density at radius 3 is 1.94 bits per heavy atom. The van der Waals surface area contributed by atoms with Gasteiger partial charge in [-0.1, -0.05) is 30.3 Å². The number of nitro groups is 1. The van der Waals surface area contributed by atoms with Crippen LogP contribution < -0.4 is 14.8 Å². The van der Waals surface area contributed by atoms with Crippen LogP contribution in [0.4, 0.5) is 11.4 Å². The molecular formula is C26H22N2O4. The van der Waals surface area contributed by atoms with Crippen molar-refractivity contribution < 1.29 is 14.4 Å². The van der Waals surface area contributed by atoms with Crippen LogP contribution in [-0.2, 0) is 13.2 Å². The Hall–Kier alpha value is -4.32. The normalized spacial score (nSPS) is 10.4. The minimum Gasteiger partial charge on any atom is -0.489 e. The number of nitro benzene ring substituents is 1. The van der Waals surface area contributed by atoms with Gasteiger partial charge in [0, 0.05) is 24.4 Å². The first-order valence-electron chi connectivity index (χ1n) is 10.2. The summed E-state index contributed by atoms with van der Waals surface area (Å²) in [5.74, 6) is 2.34. The third-order valence-corrected chi connectivity index (χ3v) is 4.81. The highest BCUT2D eigenvalue weighted by atomic mass is 16.6. The van der Waals surface area contributed by atoms with Gasteiger partial charge in [-0.15, -0.1) is 0 Å². The van der Waals surface area contributed by atoms with Crippen LogP contribution in [0, 0.1) is 10.1 Å². The van der Waals surface area contributed by atoms with Crippen molar-refractivity contribution in [2.24, 2.45) is 0 Å². The van der Waals surface area contributed by atoms with Crippen molar-refractivity contribution in [3.8, 4) is 17.2 Å². The van der Waals surface area contributed by atoms with E-state index in [1.165, 1.54) is 12.1 Å². The molecule has 6 nitrogen and oxygen atoms in total. The fraction of sp³-hybridized carbons (Fsp3) is 0.0769. The molecule has 6 heteroatoms. The predicted molar refractivity (Wildman–Crippen MR) is 124 cm³/mol. The van der Waals surface area contributed by atoms with Crippen LogP contribution in [0.2, 0.25) is 0 Å². The molecule has 0 aromatic heterocycles. The molecule has 0 amide bonds. The molecule has 32 heavy (non-hydrogen) atoms. The van der Waals surface area contributed by atoms with Gasteiger partial charge in [0.05, 0.1) is 4.92 Å². The number of anilines is 1. The van der Waals surface area contributed by atoms with Gasteiger partial charge in [0.15, 0.2) is 0 Å². The molecule has 4 aromatic rings. The van der Waals surface area contributed by atoms with E-state index in [1.807, 2.05) is 78.9 Å².